The van der Waals surface area contributed by atoms with Crippen molar-refractivity contribution >= 4 is 31.6 Å². The average molecular weight is 563 g/mol. The fraction of sp³-hybridized carbons (Fsp3) is 0.231. The number of para-hydroxylation sites is 2. The third kappa shape index (κ3) is 8.89. The van der Waals surface area contributed by atoms with E-state index < -0.39 is 44.8 Å². The minimum atomic E-state index is -3.59. The van der Waals surface area contributed by atoms with Gasteiger partial charge in [0.25, 0.3) is 0 Å². The predicted octanol–water partition coefficient (Wildman–Crippen LogP) is 2.48. The van der Waals surface area contributed by atoms with Crippen molar-refractivity contribution in [3.8, 4) is 11.5 Å². The van der Waals surface area contributed by atoms with Crippen LogP contribution in [-0.2, 0) is 38.7 Å². The summed E-state index contributed by atoms with van der Waals surface area (Å²) >= 11 is 0. The summed E-state index contributed by atoms with van der Waals surface area (Å²) in [5.74, 6) is -2.06. The highest BCUT2D eigenvalue weighted by molar-refractivity contribution is 7.91. The van der Waals surface area contributed by atoms with Gasteiger partial charge < -0.3 is 18.9 Å². The third-order valence-electron chi connectivity index (χ3n) is 4.98. The summed E-state index contributed by atoms with van der Waals surface area (Å²) in [5.41, 5.74) is 0. The van der Waals surface area contributed by atoms with E-state index in [2.05, 4.69) is 0 Å². The van der Waals surface area contributed by atoms with Crippen LogP contribution in [0.15, 0.2) is 94.7 Å². The van der Waals surface area contributed by atoms with Gasteiger partial charge in [0.1, 0.15) is 13.2 Å². The highest BCUT2D eigenvalue weighted by Gasteiger charge is 2.17. The number of esters is 2. The zero-order chi connectivity index (χ0) is 27.4. The molecule has 0 bridgehead atoms. The SMILES string of the molecule is O=C(COc1ccccc1OCC(=O)OCCS(=O)(=O)c1ccccc1)OCCS(=O)(=O)c1ccccc1. The van der Waals surface area contributed by atoms with E-state index in [0.29, 0.717) is 0 Å². The molecule has 0 aliphatic carbocycles. The molecular formula is C26H26O10S2. The molecule has 10 nitrogen and oxygen atoms in total. The molecule has 0 spiro atoms. The summed E-state index contributed by atoms with van der Waals surface area (Å²) in [7, 11) is -7.18. The number of rotatable bonds is 14. The van der Waals surface area contributed by atoms with Crippen LogP contribution in [0, 0.1) is 0 Å². The van der Waals surface area contributed by atoms with Gasteiger partial charge in [0.15, 0.2) is 44.4 Å². The largest absolute Gasteiger partial charge is 0.478 e. The van der Waals surface area contributed by atoms with Crippen LogP contribution in [0.1, 0.15) is 0 Å². The standard InChI is InChI=1S/C26H26O10S2/c27-25(33-15-17-37(29,30)21-9-3-1-4-10-21)19-35-23-13-7-8-14-24(23)36-20-26(28)34-16-18-38(31,32)22-11-5-2-6-12-22/h1-14H,15-20H2. The van der Waals surface area contributed by atoms with E-state index in [1.54, 1.807) is 48.5 Å². The van der Waals surface area contributed by atoms with Crippen LogP contribution >= 0.6 is 0 Å². The smallest absolute Gasteiger partial charge is 0.344 e. The number of hydrogen-bond donors (Lipinski definition) is 0. The summed E-state index contributed by atoms with van der Waals surface area (Å²) in [6, 6.07) is 21.9. The van der Waals surface area contributed by atoms with Crippen molar-refractivity contribution in [3.63, 3.8) is 0 Å². The first kappa shape index (κ1) is 28.7. The van der Waals surface area contributed by atoms with Gasteiger partial charge in [0.2, 0.25) is 0 Å². The van der Waals surface area contributed by atoms with Crippen molar-refractivity contribution in [1.29, 1.82) is 0 Å². The van der Waals surface area contributed by atoms with Crippen LogP contribution in [-0.4, -0.2) is 66.7 Å². The van der Waals surface area contributed by atoms with E-state index >= 15 is 0 Å². The second-order valence-electron chi connectivity index (χ2n) is 7.73. The van der Waals surface area contributed by atoms with Crippen LogP contribution in [0.4, 0.5) is 0 Å². The number of ether oxygens (including phenoxy) is 4. The van der Waals surface area contributed by atoms with Crippen LogP contribution in [0.2, 0.25) is 0 Å². The van der Waals surface area contributed by atoms with Gasteiger partial charge in [-0.2, -0.15) is 0 Å². The Labute approximate surface area is 220 Å². The van der Waals surface area contributed by atoms with Crippen molar-refractivity contribution < 1.29 is 45.4 Å². The molecule has 0 radical (unpaired) electrons. The maximum absolute atomic E-state index is 12.2. The Morgan fingerprint density at radius 2 is 0.868 bits per heavy atom. The first-order valence-corrected chi connectivity index (χ1v) is 14.7. The molecule has 0 heterocycles. The van der Waals surface area contributed by atoms with Gasteiger partial charge in [-0.1, -0.05) is 48.5 Å². The Kier molecular flexibility index (Phi) is 10.3. The lowest BCUT2D eigenvalue weighted by atomic mass is 10.3. The van der Waals surface area contributed by atoms with Gasteiger partial charge in [-0.3, -0.25) is 0 Å². The molecule has 3 aromatic rings. The zero-order valence-electron chi connectivity index (χ0n) is 20.2. The van der Waals surface area contributed by atoms with Crippen molar-refractivity contribution in [2.24, 2.45) is 0 Å². The van der Waals surface area contributed by atoms with Crippen LogP contribution in [0.3, 0.4) is 0 Å². The van der Waals surface area contributed by atoms with Gasteiger partial charge in [0.05, 0.1) is 21.3 Å². The molecule has 0 aromatic heterocycles. The molecule has 0 aliphatic rings. The zero-order valence-corrected chi connectivity index (χ0v) is 21.9. The minimum absolute atomic E-state index is 0.134. The predicted molar refractivity (Wildman–Crippen MR) is 136 cm³/mol. The van der Waals surface area contributed by atoms with Crippen molar-refractivity contribution in [1.82, 2.24) is 0 Å². The Morgan fingerprint density at radius 1 is 0.526 bits per heavy atom. The second kappa shape index (κ2) is 13.6. The Hall–Kier alpha value is -3.90. The first-order valence-electron chi connectivity index (χ1n) is 11.4. The van der Waals surface area contributed by atoms with E-state index in [1.165, 1.54) is 36.4 Å². The van der Waals surface area contributed by atoms with Crippen LogP contribution in [0.5, 0.6) is 11.5 Å². The lowest BCUT2D eigenvalue weighted by molar-refractivity contribution is -0.146. The average Bonchev–Trinajstić information content (AvgIpc) is 2.92. The molecule has 0 atom stereocenters. The van der Waals surface area contributed by atoms with E-state index in [9.17, 15) is 26.4 Å². The fourth-order valence-corrected chi connectivity index (χ4v) is 5.29. The molecule has 0 amide bonds. The van der Waals surface area contributed by atoms with Crippen molar-refractivity contribution in [2.45, 2.75) is 9.79 Å². The van der Waals surface area contributed by atoms with Crippen molar-refractivity contribution in [2.75, 3.05) is 37.9 Å². The molecule has 0 N–H and O–H groups in total. The number of carbonyl (C=O) groups is 2. The topological polar surface area (TPSA) is 139 Å². The molecule has 12 heteroatoms. The summed E-state index contributed by atoms with van der Waals surface area (Å²) in [4.78, 5) is 24.3. The fourth-order valence-electron chi connectivity index (χ4n) is 3.07. The minimum Gasteiger partial charge on any atom is -0.478 e. The number of carbonyl (C=O) groups excluding carboxylic acids is 2. The molecule has 0 fully saturated rings. The number of hydrogen-bond acceptors (Lipinski definition) is 10. The van der Waals surface area contributed by atoms with Gasteiger partial charge in [-0.15, -0.1) is 0 Å². The number of sulfone groups is 2. The molecule has 0 aliphatic heterocycles. The molecule has 0 saturated heterocycles. The van der Waals surface area contributed by atoms with Gasteiger partial charge >= 0.3 is 11.9 Å². The Balaban J connectivity index is 1.40. The first-order chi connectivity index (χ1) is 18.2. The summed E-state index contributed by atoms with van der Waals surface area (Å²) in [6.07, 6.45) is 0. The molecule has 202 valence electrons. The summed E-state index contributed by atoms with van der Waals surface area (Å²) in [5, 5.41) is 0. The highest BCUT2D eigenvalue weighted by atomic mass is 32.2. The molecular weight excluding hydrogens is 536 g/mol. The van der Waals surface area contributed by atoms with Crippen LogP contribution in [0.25, 0.3) is 0 Å². The second-order valence-corrected chi connectivity index (χ2v) is 11.9. The van der Waals surface area contributed by atoms with Gasteiger partial charge in [-0.25, -0.2) is 26.4 Å². The Bertz CT molecular complexity index is 1310. The van der Waals surface area contributed by atoms with E-state index in [-0.39, 0.29) is 46.0 Å². The molecule has 3 aromatic carbocycles. The monoisotopic (exact) mass is 562 g/mol. The number of benzene rings is 3. The molecule has 3 rings (SSSR count). The third-order valence-corrected chi connectivity index (χ3v) is 8.36. The molecule has 38 heavy (non-hydrogen) atoms. The van der Waals surface area contributed by atoms with E-state index in [0.717, 1.165) is 0 Å². The van der Waals surface area contributed by atoms with Gasteiger partial charge in [-0.05, 0) is 36.4 Å². The van der Waals surface area contributed by atoms with Gasteiger partial charge in [0, 0.05) is 0 Å². The quantitative estimate of drug-likeness (QED) is 0.269. The highest BCUT2D eigenvalue weighted by Crippen LogP contribution is 2.26. The lowest BCUT2D eigenvalue weighted by Gasteiger charge is -2.12. The Morgan fingerprint density at radius 3 is 1.24 bits per heavy atom. The summed E-state index contributed by atoms with van der Waals surface area (Å²) in [6.45, 7) is -1.73. The van der Waals surface area contributed by atoms with Crippen LogP contribution < -0.4 is 9.47 Å². The van der Waals surface area contributed by atoms with E-state index in [4.69, 9.17) is 18.9 Å². The van der Waals surface area contributed by atoms with E-state index in [1.807, 2.05) is 0 Å². The lowest BCUT2D eigenvalue weighted by Crippen LogP contribution is -2.21. The maximum atomic E-state index is 12.2. The molecule has 0 saturated carbocycles. The maximum Gasteiger partial charge on any atom is 0.344 e. The van der Waals surface area contributed by atoms with Crippen molar-refractivity contribution in [3.05, 3.63) is 84.9 Å². The normalized spacial score (nSPS) is 11.4. The summed E-state index contributed by atoms with van der Waals surface area (Å²) < 4.78 is 69.6. The molecule has 0 unspecified atom stereocenters.